The van der Waals surface area contributed by atoms with Crippen LogP contribution < -0.4 is 15.5 Å². The lowest BCUT2D eigenvalue weighted by atomic mass is 10.0. The molecule has 1 atom stereocenters. The van der Waals surface area contributed by atoms with Crippen molar-refractivity contribution in [1.82, 2.24) is 15.5 Å². The van der Waals surface area contributed by atoms with Crippen molar-refractivity contribution in [3.05, 3.63) is 65.2 Å². The molecule has 2 heterocycles. The third kappa shape index (κ3) is 8.70. The monoisotopic (exact) mass is 564 g/mol. The number of urea groups is 1. The molecule has 0 spiro atoms. The number of nitrogens with zero attached hydrogens (tertiary/aromatic N) is 2. The van der Waals surface area contributed by atoms with Crippen LogP contribution in [0.15, 0.2) is 48.5 Å². The number of benzene rings is 2. The summed E-state index contributed by atoms with van der Waals surface area (Å²) in [4.78, 5) is 49.1. The number of aliphatic carboxylic acids is 2. The Hall–Kier alpha value is -4.13. The first-order chi connectivity index (χ1) is 19.0. The zero-order valence-electron chi connectivity index (χ0n) is 21.6. The molecule has 40 heavy (non-hydrogen) atoms. The summed E-state index contributed by atoms with van der Waals surface area (Å²) < 4.78 is 31.7. The van der Waals surface area contributed by atoms with E-state index in [1.807, 2.05) is 24.3 Å². The number of carbonyl (C=O) groups excluding carboxylic acids is 2. The second kappa shape index (κ2) is 13.8. The standard InChI is InChI=1S/C25H30N4O4.C2HF3O2/c30-23(27-22(17-24(31)32)19-4-2-1-3-5-19)10-13-28-14-15-29(25(28)33)21-7-6-18-8-11-26-12-9-20(18)16-21;3-2(4,5)1(6)7/h1-7,16,22,26H,8-15,17H2,(H,27,30)(H,31,32);(H,6,7). The number of anilines is 1. The van der Waals surface area contributed by atoms with Crippen molar-refractivity contribution in [2.24, 2.45) is 0 Å². The summed E-state index contributed by atoms with van der Waals surface area (Å²) in [5, 5.41) is 22.5. The third-order valence-corrected chi connectivity index (χ3v) is 6.51. The van der Waals surface area contributed by atoms with E-state index in [0.29, 0.717) is 19.6 Å². The molecule has 216 valence electrons. The Morgan fingerprint density at radius 2 is 1.62 bits per heavy atom. The van der Waals surface area contributed by atoms with Gasteiger partial charge >= 0.3 is 24.1 Å². The quantitative estimate of drug-likeness (QED) is 0.387. The molecule has 2 aliphatic rings. The minimum atomic E-state index is -5.08. The highest BCUT2D eigenvalue weighted by molar-refractivity contribution is 5.94. The van der Waals surface area contributed by atoms with Gasteiger partial charge in [-0.15, -0.1) is 0 Å². The Labute approximate surface area is 228 Å². The van der Waals surface area contributed by atoms with Crippen LogP contribution in [0.2, 0.25) is 0 Å². The number of alkyl halides is 3. The number of hydrogen-bond acceptors (Lipinski definition) is 5. The normalized spacial score (nSPS) is 15.8. The summed E-state index contributed by atoms with van der Waals surface area (Å²) in [5.41, 5.74) is 4.26. The van der Waals surface area contributed by atoms with Crippen LogP contribution in [0.3, 0.4) is 0 Å². The van der Waals surface area contributed by atoms with E-state index < -0.39 is 24.2 Å². The summed E-state index contributed by atoms with van der Waals surface area (Å²) in [6.07, 6.45) is -3.21. The fraction of sp³-hybridized carbons (Fsp3) is 0.407. The van der Waals surface area contributed by atoms with Gasteiger partial charge in [0.15, 0.2) is 0 Å². The van der Waals surface area contributed by atoms with Gasteiger partial charge < -0.3 is 25.7 Å². The van der Waals surface area contributed by atoms with Crippen molar-refractivity contribution >= 4 is 29.6 Å². The maximum absolute atomic E-state index is 13.0. The van der Waals surface area contributed by atoms with E-state index in [0.717, 1.165) is 37.2 Å². The van der Waals surface area contributed by atoms with E-state index >= 15 is 0 Å². The average molecular weight is 565 g/mol. The zero-order valence-corrected chi connectivity index (χ0v) is 21.6. The van der Waals surface area contributed by atoms with Crippen LogP contribution in [-0.4, -0.2) is 77.9 Å². The Morgan fingerprint density at radius 1 is 0.975 bits per heavy atom. The smallest absolute Gasteiger partial charge is 0.481 e. The van der Waals surface area contributed by atoms with Crippen LogP contribution in [0.4, 0.5) is 23.7 Å². The summed E-state index contributed by atoms with van der Waals surface area (Å²) in [6.45, 7) is 3.36. The van der Waals surface area contributed by atoms with Gasteiger partial charge in [0.2, 0.25) is 5.91 Å². The minimum absolute atomic E-state index is 0.0976. The molecule has 1 unspecified atom stereocenters. The molecule has 2 aromatic carbocycles. The Balaban J connectivity index is 0.000000559. The first-order valence-electron chi connectivity index (χ1n) is 12.7. The lowest BCUT2D eigenvalue weighted by Gasteiger charge is -2.21. The van der Waals surface area contributed by atoms with Crippen LogP contribution >= 0.6 is 0 Å². The van der Waals surface area contributed by atoms with Gasteiger partial charge in [0.1, 0.15) is 0 Å². The maximum atomic E-state index is 13.0. The van der Waals surface area contributed by atoms with Gasteiger partial charge in [-0.2, -0.15) is 13.2 Å². The third-order valence-electron chi connectivity index (χ3n) is 6.51. The molecule has 4 rings (SSSR count). The van der Waals surface area contributed by atoms with E-state index in [1.54, 1.807) is 21.9 Å². The van der Waals surface area contributed by atoms with E-state index in [1.165, 1.54) is 11.1 Å². The molecular formula is C27H31F3N4O6. The number of carboxylic acid groups (broad SMARTS) is 2. The largest absolute Gasteiger partial charge is 0.490 e. The van der Waals surface area contributed by atoms with Crippen molar-refractivity contribution < 1.29 is 42.6 Å². The number of hydrogen-bond donors (Lipinski definition) is 4. The summed E-state index contributed by atoms with van der Waals surface area (Å²) in [5.74, 6) is -4.01. The molecule has 2 aromatic rings. The topological polar surface area (TPSA) is 139 Å². The highest BCUT2D eigenvalue weighted by Gasteiger charge is 2.38. The highest BCUT2D eigenvalue weighted by atomic mass is 19.4. The fourth-order valence-corrected chi connectivity index (χ4v) is 4.47. The van der Waals surface area contributed by atoms with Gasteiger partial charge in [-0.3, -0.25) is 14.5 Å². The molecule has 13 heteroatoms. The molecule has 0 aromatic heterocycles. The number of fused-ring (bicyclic) bond motifs is 1. The first-order valence-corrected chi connectivity index (χ1v) is 12.7. The second-order valence-electron chi connectivity index (χ2n) is 9.31. The van der Waals surface area contributed by atoms with Crippen LogP contribution in [0.1, 0.15) is 35.6 Å². The molecule has 2 aliphatic heterocycles. The molecule has 0 saturated carbocycles. The van der Waals surface area contributed by atoms with Gasteiger partial charge in [0.25, 0.3) is 0 Å². The predicted octanol–water partition coefficient (Wildman–Crippen LogP) is 2.97. The number of amides is 3. The molecule has 3 amide bonds. The summed E-state index contributed by atoms with van der Waals surface area (Å²) in [6, 6.07) is 14.6. The second-order valence-corrected chi connectivity index (χ2v) is 9.31. The Bertz CT molecular complexity index is 1210. The SMILES string of the molecule is O=C(O)C(F)(F)F.O=C(O)CC(NC(=O)CCN1CCN(c2ccc3c(c2)CCNCC3)C1=O)c1ccccc1. The van der Waals surface area contributed by atoms with Crippen LogP contribution in [0, 0.1) is 0 Å². The Kier molecular flexibility index (Phi) is 10.5. The van der Waals surface area contributed by atoms with E-state index in [4.69, 9.17) is 9.90 Å². The number of carbonyl (C=O) groups is 4. The molecule has 10 nitrogen and oxygen atoms in total. The average Bonchev–Trinajstić information content (AvgIpc) is 3.11. The van der Waals surface area contributed by atoms with E-state index in [9.17, 15) is 32.7 Å². The molecule has 0 aliphatic carbocycles. The maximum Gasteiger partial charge on any atom is 0.490 e. The Morgan fingerprint density at radius 3 is 2.25 bits per heavy atom. The number of nitrogens with one attached hydrogen (secondary N) is 2. The minimum Gasteiger partial charge on any atom is -0.481 e. The lowest BCUT2D eigenvalue weighted by molar-refractivity contribution is -0.192. The number of rotatable bonds is 8. The van der Waals surface area contributed by atoms with Crippen molar-refractivity contribution in [2.75, 3.05) is 37.6 Å². The summed E-state index contributed by atoms with van der Waals surface area (Å²) >= 11 is 0. The molecule has 0 radical (unpaired) electrons. The van der Waals surface area contributed by atoms with E-state index in [-0.39, 0.29) is 24.8 Å². The van der Waals surface area contributed by atoms with Crippen molar-refractivity contribution in [3.63, 3.8) is 0 Å². The van der Waals surface area contributed by atoms with Gasteiger partial charge in [0.05, 0.1) is 12.5 Å². The van der Waals surface area contributed by atoms with Crippen LogP contribution in [0.25, 0.3) is 0 Å². The van der Waals surface area contributed by atoms with E-state index in [2.05, 4.69) is 22.8 Å². The molecule has 4 N–H and O–H groups in total. The number of carboxylic acids is 2. The highest BCUT2D eigenvalue weighted by Crippen LogP contribution is 2.25. The molecule has 0 bridgehead atoms. The van der Waals surface area contributed by atoms with Crippen LogP contribution in [-0.2, 0) is 27.2 Å². The van der Waals surface area contributed by atoms with Gasteiger partial charge in [-0.05, 0) is 54.8 Å². The first kappa shape index (κ1) is 30.4. The molecular weight excluding hydrogens is 533 g/mol. The fourth-order valence-electron chi connectivity index (χ4n) is 4.47. The molecule has 1 fully saturated rings. The van der Waals surface area contributed by atoms with Gasteiger partial charge in [-0.1, -0.05) is 36.4 Å². The van der Waals surface area contributed by atoms with Gasteiger partial charge in [-0.25, -0.2) is 9.59 Å². The molecule has 1 saturated heterocycles. The zero-order chi connectivity index (χ0) is 29.3. The van der Waals surface area contributed by atoms with Crippen molar-refractivity contribution in [2.45, 2.75) is 37.9 Å². The van der Waals surface area contributed by atoms with Crippen LogP contribution in [0.5, 0.6) is 0 Å². The summed E-state index contributed by atoms with van der Waals surface area (Å²) in [7, 11) is 0. The predicted molar refractivity (Wildman–Crippen MR) is 139 cm³/mol. The lowest BCUT2D eigenvalue weighted by Crippen LogP contribution is -2.36. The van der Waals surface area contributed by atoms with Crippen molar-refractivity contribution in [3.8, 4) is 0 Å². The number of halogens is 3. The van der Waals surface area contributed by atoms with Crippen molar-refractivity contribution in [1.29, 1.82) is 0 Å². The van der Waals surface area contributed by atoms with Gasteiger partial charge in [0, 0.05) is 31.7 Å².